The third-order valence-corrected chi connectivity index (χ3v) is 6.61. The summed E-state index contributed by atoms with van der Waals surface area (Å²) in [6, 6.07) is 1.19. The molecule has 2 aromatic heterocycles. The van der Waals surface area contributed by atoms with Gasteiger partial charge in [-0.05, 0) is 49.0 Å². The summed E-state index contributed by atoms with van der Waals surface area (Å²) in [4.78, 5) is 23.8. The Morgan fingerprint density at radius 3 is 2.68 bits per heavy atom. The van der Waals surface area contributed by atoms with E-state index in [1.165, 1.54) is 10.7 Å². The minimum Gasteiger partial charge on any atom is -0.300 e. The second-order valence-electron chi connectivity index (χ2n) is 8.66. The Balaban J connectivity index is 1.43. The van der Waals surface area contributed by atoms with Gasteiger partial charge in [0.1, 0.15) is 6.17 Å². The minimum atomic E-state index is -4.42. The van der Waals surface area contributed by atoms with E-state index >= 15 is 0 Å². The molecule has 0 amide bonds. The fraction of sp³-hybridized carbons (Fsp3) is 0.500. The van der Waals surface area contributed by atoms with Crippen molar-refractivity contribution in [1.29, 1.82) is 0 Å². The topological polar surface area (TPSA) is 63.1 Å². The van der Waals surface area contributed by atoms with Crippen LogP contribution in [0.15, 0.2) is 28.8 Å². The molecule has 9 heteroatoms. The van der Waals surface area contributed by atoms with E-state index in [1.807, 2.05) is 17.9 Å². The zero-order valence-electron chi connectivity index (χ0n) is 17.2. The van der Waals surface area contributed by atoms with Gasteiger partial charge in [0.2, 0.25) is 0 Å². The summed E-state index contributed by atoms with van der Waals surface area (Å²) in [6.45, 7) is 2.90. The molecule has 0 radical (unpaired) electrons. The molecule has 31 heavy (non-hydrogen) atoms. The van der Waals surface area contributed by atoms with Gasteiger partial charge in [0.15, 0.2) is 5.82 Å². The fourth-order valence-electron chi connectivity index (χ4n) is 4.92. The number of fused-ring (bicyclic) bond motifs is 2. The molecule has 0 spiro atoms. The molecule has 1 atom stereocenters. The number of alkyl halides is 3. The summed E-state index contributed by atoms with van der Waals surface area (Å²) in [7, 11) is 0. The van der Waals surface area contributed by atoms with Crippen molar-refractivity contribution in [3.63, 3.8) is 0 Å². The normalized spacial score (nSPS) is 21.9. The van der Waals surface area contributed by atoms with E-state index in [9.17, 15) is 18.0 Å². The number of pyridine rings is 1. The predicted octanol–water partition coefficient (Wildman–Crippen LogP) is 3.66. The third-order valence-electron chi connectivity index (χ3n) is 6.61. The molecule has 6 nitrogen and oxygen atoms in total. The van der Waals surface area contributed by atoms with Crippen LogP contribution in [0.5, 0.6) is 0 Å². The number of hydrogen-bond donors (Lipinski definition) is 1. The SMILES string of the molecule is CC1=Cc2ncc(C3CCCC3)c(=O)n2NC1N1CCc2ncc(C(F)(F)F)cc2C1. The number of nitrogens with one attached hydrogen (secondary N) is 1. The Bertz CT molecular complexity index is 1100. The van der Waals surface area contributed by atoms with Gasteiger partial charge in [0.25, 0.3) is 5.56 Å². The van der Waals surface area contributed by atoms with Crippen LogP contribution in [0.4, 0.5) is 13.2 Å². The molecule has 3 aliphatic rings. The smallest absolute Gasteiger partial charge is 0.300 e. The lowest BCUT2D eigenvalue weighted by atomic mass is 10.00. The Hall–Kier alpha value is -2.68. The predicted molar refractivity (Wildman–Crippen MR) is 110 cm³/mol. The number of aromatic nitrogens is 3. The van der Waals surface area contributed by atoms with Crippen molar-refractivity contribution in [3.05, 3.63) is 62.6 Å². The highest BCUT2D eigenvalue weighted by molar-refractivity contribution is 5.51. The van der Waals surface area contributed by atoms with E-state index < -0.39 is 11.7 Å². The Morgan fingerprint density at radius 1 is 1.16 bits per heavy atom. The van der Waals surface area contributed by atoms with E-state index in [0.29, 0.717) is 36.6 Å². The zero-order valence-corrected chi connectivity index (χ0v) is 17.2. The van der Waals surface area contributed by atoms with Crippen LogP contribution < -0.4 is 11.0 Å². The van der Waals surface area contributed by atoms with Crippen molar-refractivity contribution in [2.24, 2.45) is 0 Å². The van der Waals surface area contributed by atoms with Gasteiger partial charge >= 0.3 is 6.18 Å². The number of halogens is 3. The summed E-state index contributed by atoms with van der Waals surface area (Å²) in [5, 5.41) is 0. The summed E-state index contributed by atoms with van der Waals surface area (Å²) in [5.41, 5.74) is 5.44. The van der Waals surface area contributed by atoms with Crippen molar-refractivity contribution in [2.75, 3.05) is 12.0 Å². The molecule has 0 bridgehead atoms. The molecular weight excluding hydrogens is 407 g/mol. The molecule has 1 saturated carbocycles. The maximum atomic E-state index is 13.2. The van der Waals surface area contributed by atoms with Crippen molar-refractivity contribution in [2.45, 2.75) is 63.8 Å². The molecule has 4 heterocycles. The van der Waals surface area contributed by atoms with Crippen LogP contribution in [0.2, 0.25) is 0 Å². The highest BCUT2D eigenvalue weighted by atomic mass is 19.4. The van der Waals surface area contributed by atoms with E-state index in [2.05, 4.69) is 15.4 Å². The number of nitrogens with zero attached hydrogens (tertiary/aromatic N) is 4. The van der Waals surface area contributed by atoms with Crippen LogP contribution >= 0.6 is 0 Å². The monoisotopic (exact) mass is 431 g/mol. The van der Waals surface area contributed by atoms with E-state index in [1.54, 1.807) is 6.20 Å². The largest absolute Gasteiger partial charge is 0.417 e. The minimum absolute atomic E-state index is 0.0796. The van der Waals surface area contributed by atoms with Gasteiger partial charge in [0, 0.05) is 43.2 Å². The van der Waals surface area contributed by atoms with Crippen LogP contribution in [0, 0.1) is 0 Å². The molecular formula is C22H24F3N5O. The molecule has 164 valence electrons. The maximum Gasteiger partial charge on any atom is 0.417 e. The average Bonchev–Trinajstić information content (AvgIpc) is 3.27. The second-order valence-corrected chi connectivity index (χ2v) is 8.66. The number of hydrogen-bond acceptors (Lipinski definition) is 5. The van der Waals surface area contributed by atoms with Crippen molar-refractivity contribution in [1.82, 2.24) is 19.5 Å². The van der Waals surface area contributed by atoms with Crippen molar-refractivity contribution < 1.29 is 13.2 Å². The summed E-state index contributed by atoms with van der Waals surface area (Å²) < 4.78 is 40.9. The molecule has 2 aromatic rings. The van der Waals surface area contributed by atoms with E-state index in [0.717, 1.165) is 43.0 Å². The summed E-state index contributed by atoms with van der Waals surface area (Å²) in [6.07, 6.45) is 4.60. The lowest BCUT2D eigenvalue weighted by Crippen LogP contribution is -2.52. The lowest BCUT2D eigenvalue weighted by molar-refractivity contribution is -0.137. The zero-order chi connectivity index (χ0) is 21.8. The van der Waals surface area contributed by atoms with Gasteiger partial charge in [-0.25, -0.2) is 9.66 Å². The van der Waals surface area contributed by atoms with Gasteiger partial charge in [0.05, 0.1) is 5.56 Å². The molecule has 2 aliphatic heterocycles. The first-order chi connectivity index (χ1) is 14.8. The molecule has 1 N–H and O–H groups in total. The molecule has 1 aliphatic carbocycles. The highest BCUT2D eigenvalue weighted by Crippen LogP contribution is 2.33. The lowest BCUT2D eigenvalue weighted by Gasteiger charge is -2.39. The number of rotatable bonds is 2. The van der Waals surface area contributed by atoms with Crippen LogP contribution in [0.3, 0.4) is 0 Å². The standard InChI is InChI=1S/C22H24F3N5O/c1-13-8-19-27-11-17(14-4-2-3-5-14)21(31)30(19)28-20(13)29-7-6-18-15(12-29)9-16(10-26-18)22(23,24)25/h8-11,14,20,28H,2-7,12H2,1H3. The van der Waals surface area contributed by atoms with Crippen LogP contribution in [-0.4, -0.2) is 32.3 Å². The van der Waals surface area contributed by atoms with Gasteiger partial charge in [-0.1, -0.05) is 12.8 Å². The molecule has 5 rings (SSSR count). The molecule has 0 saturated heterocycles. The Labute approximate surface area is 177 Å². The van der Waals surface area contributed by atoms with Crippen molar-refractivity contribution >= 4 is 6.08 Å². The van der Waals surface area contributed by atoms with Crippen LogP contribution in [-0.2, 0) is 19.1 Å². The van der Waals surface area contributed by atoms with E-state index in [-0.39, 0.29) is 17.6 Å². The first-order valence-electron chi connectivity index (χ1n) is 10.7. The fourth-order valence-corrected chi connectivity index (χ4v) is 4.92. The molecule has 0 aromatic carbocycles. The summed E-state index contributed by atoms with van der Waals surface area (Å²) >= 11 is 0. The van der Waals surface area contributed by atoms with E-state index in [4.69, 9.17) is 0 Å². The Kier molecular flexibility index (Phi) is 4.88. The first-order valence-corrected chi connectivity index (χ1v) is 10.7. The average molecular weight is 431 g/mol. The highest BCUT2D eigenvalue weighted by Gasteiger charge is 2.34. The Morgan fingerprint density at radius 2 is 1.94 bits per heavy atom. The van der Waals surface area contributed by atoms with Gasteiger partial charge < -0.3 is 0 Å². The maximum absolute atomic E-state index is 13.2. The summed E-state index contributed by atoms with van der Waals surface area (Å²) in [5.74, 6) is 0.803. The third kappa shape index (κ3) is 3.64. The van der Waals surface area contributed by atoms with Crippen molar-refractivity contribution in [3.8, 4) is 0 Å². The van der Waals surface area contributed by atoms with Crippen LogP contribution in [0.25, 0.3) is 6.08 Å². The second kappa shape index (κ2) is 7.47. The van der Waals surface area contributed by atoms with Gasteiger partial charge in [-0.15, -0.1) is 0 Å². The molecule has 1 unspecified atom stereocenters. The van der Waals surface area contributed by atoms with Crippen LogP contribution in [0.1, 0.15) is 66.7 Å². The van der Waals surface area contributed by atoms with Gasteiger partial charge in [-0.2, -0.15) is 13.2 Å². The first kappa shape index (κ1) is 20.2. The molecule has 1 fully saturated rings. The van der Waals surface area contributed by atoms with Gasteiger partial charge in [-0.3, -0.25) is 20.1 Å². The quantitative estimate of drug-likeness (QED) is 0.786.